The highest BCUT2D eigenvalue weighted by Gasteiger charge is 2.60. The number of nitrogens with zero attached hydrogens (tertiary/aromatic N) is 2. The van der Waals surface area contributed by atoms with Gasteiger partial charge in [0.15, 0.2) is 6.10 Å². The smallest absolute Gasteiger partial charge is 0.337 e. The van der Waals surface area contributed by atoms with Crippen molar-refractivity contribution < 1.29 is 24.0 Å². The summed E-state index contributed by atoms with van der Waals surface area (Å²) in [7, 11) is 1.32. The van der Waals surface area contributed by atoms with Crippen LogP contribution in [0.15, 0.2) is 95.5 Å². The Balaban J connectivity index is 1.44. The molecular weight excluding hydrogens is 536 g/mol. The zero-order chi connectivity index (χ0) is 25.7. The van der Waals surface area contributed by atoms with Crippen molar-refractivity contribution in [2.24, 2.45) is 5.92 Å². The molecule has 0 bridgehead atoms. The fourth-order valence-electron chi connectivity index (χ4n) is 5.14. The number of carbonyl (C=O) groups excluding carboxylic acids is 3. The van der Waals surface area contributed by atoms with E-state index in [0.29, 0.717) is 16.9 Å². The van der Waals surface area contributed by atoms with Gasteiger partial charge in [-0.25, -0.2) is 14.8 Å². The number of benzene rings is 4. The molecule has 6 rings (SSSR count). The van der Waals surface area contributed by atoms with Crippen molar-refractivity contribution in [3.63, 3.8) is 0 Å². The molecule has 0 radical (unpaired) electrons. The molecule has 7 nitrogen and oxygen atoms in total. The molecule has 2 aliphatic heterocycles. The monoisotopic (exact) mass is 556 g/mol. The van der Waals surface area contributed by atoms with Crippen LogP contribution in [0.1, 0.15) is 22.0 Å². The summed E-state index contributed by atoms with van der Waals surface area (Å²) < 4.78 is 5.71. The lowest BCUT2D eigenvalue weighted by Crippen LogP contribution is -2.37. The summed E-state index contributed by atoms with van der Waals surface area (Å²) in [6.45, 7) is 0. The zero-order valence-electron chi connectivity index (χ0n) is 19.7. The minimum absolute atomic E-state index is 0.326. The van der Waals surface area contributed by atoms with Gasteiger partial charge in [0.25, 0.3) is 5.91 Å². The van der Waals surface area contributed by atoms with E-state index in [1.165, 1.54) is 12.0 Å². The Hall–Kier alpha value is -4.01. The maximum Gasteiger partial charge on any atom is 0.337 e. The number of hydroxylamine groups is 1. The number of hydrogen-bond acceptors (Lipinski definition) is 6. The van der Waals surface area contributed by atoms with Crippen molar-refractivity contribution in [3.8, 4) is 0 Å². The number of imide groups is 1. The number of halogens is 1. The van der Waals surface area contributed by atoms with Crippen LogP contribution in [0.2, 0.25) is 0 Å². The van der Waals surface area contributed by atoms with Crippen molar-refractivity contribution in [1.82, 2.24) is 0 Å². The van der Waals surface area contributed by atoms with Gasteiger partial charge < -0.3 is 4.74 Å². The van der Waals surface area contributed by atoms with E-state index in [1.807, 2.05) is 60.7 Å². The van der Waals surface area contributed by atoms with E-state index in [9.17, 15) is 14.4 Å². The minimum atomic E-state index is -0.986. The third-order valence-corrected chi connectivity index (χ3v) is 7.41. The van der Waals surface area contributed by atoms with Gasteiger partial charge in [-0.05, 0) is 53.4 Å². The molecule has 2 saturated heterocycles. The molecule has 3 atom stereocenters. The van der Waals surface area contributed by atoms with Crippen molar-refractivity contribution in [2.45, 2.75) is 12.1 Å². The van der Waals surface area contributed by atoms with Gasteiger partial charge in [0.2, 0.25) is 5.91 Å². The number of amides is 2. The van der Waals surface area contributed by atoms with Gasteiger partial charge >= 0.3 is 5.97 Å². The van der Waals surface area contributed by atoms with Gasteiger partial charge in [-0.1, -0.05) is 64.5 Å². The van der Waals surface area contributed by atoms with Crippen LogP contribution in [0.4, 0.5) is 11.4 Å². The molecule has 0 unspecified atom stereocenters. The normalized spacial score (nSPS) is 21.0. The lowest BCUT2D eigenvalue weighted by Gasteiger charge is -2.29. The topological polar surface area (TPSA) is 76.2 Å². The molecule has 8 heteroatoms. The first-order valence-corrected chi connectivity index (χ1v) is 12.5. The van der Waals surface area contributed by atoms with Gasteiger partial charge in [0.05, 0.1) is 30.1 Å². The third kappa shape index (κ3) is 3.80. The lowest BCUT2D eigenvalue weighted by atomic mass is 9.90. The van der Waals surface area contributed by atoms with Gasteiger partial charge in [-0.15, -0.1) is 0 Å². The minimum Gasteiger partial charge on any atom is -0.465 e. The number of rotatable bonds is 4. The number of anilines is 2. The second kappa shape index (κ2) is 9.14. The fourth-order valence-corrected chi connectivity index (χ4v) is 5.40. The Morgan fingerprint density at radius 3 is 2.30 bits per heavy atom. The molecule has 0 aromatic heterocycles. The summed E-state index contributed by atoms with van der Waals surface area (Å²) in [6.07, 6.45) is -0.986. The molecule has 37 heavy (non-hydrogen) atoms. The SMILES string of the molecule is COC(=O)c1ccc([C@@H]2[C@@H]3C(=O)N(c4cccc5ccccc45)C(=O)[C@@H]3ON2c2ccc(Br)cc2)cc1. The molecular formula is C29H21BrN2O5. The van der Waals surface area contributed by atoms with Crippen LogP contribution in [-0.4, -0.2) is 31.0 Å². The van der Waals surface area contributed by atoms with Crippen LogP contribution in [0.3, 0.4) is 0 Å². The van der Waals surface area contributed by atoms with Crippen LogP contribution in [0, 0.1) is 5.92 Å². The van der Waals surface area contributed by atoms with E-state index in [2.05, 4.69) is 15.9 Å². The van der Waals surface area contributed by atoms with Crippen molar-refractivity contribution in [1.29, 1.82) is 0 Å². The summed E-state index contributed by atoms with van der Waals surface area (Å²) in [5, 5.41) is 3.38. The van der Waals surface area contributed by atoms with E-state index in [0.717, 1.165) is 20.8 Å². The summed E-state index contributed by atoms with van der Waals surface area (Å²) in [5.74, 6) is -1.96. The van der Waals surface area contributed by atoms with Crippen LogP contribution in [0.5, 0.6) is 0 Å². The van der Waals surface area contributed by atoms with E-state index >= 15 is 0 Å². The Bertz CT molecular complexity index is 1530. The van der Waals surface area contributed by atoms with Gasteiger partial charge in [0, 0.05) is 9.86 Å². The summed E-state index contributed by atoms with van der Waals surface area (Å²) in [6, 6.07) is 26.9. The molecule has 4 aromatic carbocycles. The second-order valence-electron chi connectivity index (χ2n) is 8.92. The highest BCUT2D eigenvalue weighted by Crippen LogP contribution is 2.48. The number of esters is 1. The molecule has 0 aliphatic carbocycles. The van der Waals surface area contributed by atoms with Crippen LogP contribution < -0.4 is 9.96 Å². The highest BCUT2D eigenvalue weighted by molar-refractivity contribution is 9.10. The first kappa shape index (κ1) is 23.4. The number of hydrogen-bond donors (Lipinski definition) is 0. The largest absolute Gasteiger partial charge is 0.465 e. The molecule has 0 N–H and O–H groups in total. The third-order valence-electron chi connectivity index (χ3n) is 6.88. The van der Waals surface area contributed by atoms with E-state index in [1.54, 1.807) is 35.4 Å². The summed E-state index contributed by atoms with van der Waals surface area (Å²) in [5.41, 5.74) is 2.38. The quantitative estimate of drug-likeness (QED) is 0.246. The van der Waals surface area contributed by atoms with Crippen LogP contribution in [0.25, 0.3) is 10.8 Å². The van der Waals surface area contributed by atoms with Gasteiger partial charge in [0.1, 0.15) is 5.92 Å². The second-order valence-corrected chi connectivity index (χ2v) is 9.84. The van der Waals surface area contributed by atoms with Crippen molar-refractivity contribution in [3.05, 3.63) is 107 Å². The van der Waals surface area contributed by atoms with E-state index in [4.69, 9.17) is 9.57 Å². The fraction of sp³-hybridized carbons (Fsp3) is 0.138. The first-order chi connectivity index (χ1) is 18.0. The molecule has 2 aliphatic rings. The Labute approximate surface area is 221 Å². The molecule has 0 spiro atoms. The Morgan fingerprint density at radius 1 is 0.865 bits per heavy atom. The predicted molar refractivity (Wildman–Crippen MR) is 142 cm³/mol. The predicted octanol–water partition coefficient (Wildman–Crippen LogP) is 5.44. The van der Waals surface area contributed by atoms with Crippen molar-refractivity contribution in [2.75, 3.05) is 17.1 Å². The molecule has 2 amide bonds. The van der Waals surface area contributed by atoms with Gasteiger partial charge in [-0.2, -0.15) is 0 Å². The average Bonchev–Trinajstić information content (AvgIpc) is 3.44. The molecule has 4 aromatic rings. The highest BCUT2D eigenvalue weighted by atomic mass is 79.9. The number of carbonyl (C=O) groups is 3. The molecule has 0 saturated carbocycles. The van der Waals surface area contributed by atoms with E-state index in [-0.39, 0.29) is 5.91 Å². The average molecular weight is 557 g/mol. The number of ether oxygens (including phenoxy) is 1. The number of fused-ring (bicyclic) bond motifs is 2. The molecule has 2 heterocycles. The summed E-state index contributed by atoms with van der Waals surface area (Å²) in [4.78, 5) is 47.2. The molecule has 2 fully saturated rings. The van der Waals surface area contributed by atoms with Crippen LogP contribution >= 0.6 is 15.9 Å². The maximum atomic E-state index is 14.0. The standard InChI is InChI=1S/C29H21BrN2O5/c1-36-29(35)19-11-9-18(10-12-19)25-24-26(37-32(25)21-15-13-20(30)14-16-21)28(34)31(27(24)33)23-8-4-6-17-5-2-3-7-22(17)23/h2-16,24-26H,1H3/t24-,25+,26+/m0/s1. The maximum absolute atomic E-state index is 14.0. The van der Waals surface area contributed by atoms with Crippen LogP contribution in [-0.2, 0) is 19.2 Å². The zero-order valence-corrected chi connectivity index (χ0v) is 21.3. The summed E-state index contributed by atoms with van der Waals surface area (Å²) >= 11 is 3.45. The number of methoxy groups -OCH3 is 1. The van der Waals surface area contributed by atoms with Crippen molar-refractivity contribution >= 4 is 55.9 Å². The first-order valence-electron chi connectivity index (χ1n) is 11.7. The molecule has 184 valence electrons. The lowest BCUT2D eigenvalue weighted by molar-refractivity contribution is -0.126. The Morgan fingerprint density at radius 2 is 1.57 bits per heavy atom. The Kier molecular flexibility index (Phi) is 5.78. The van der Waals surface area contributed by atoms with E-state index < -0.39 is 29.9 Å². The van der Waals surface area contributed by atoms with Gasteiger partial charge in [-0.3, -0.25) is 14.4 Å².